The van der Waals surface area contributed by atoms with E-state index in [1.54, 1.807) is 0 Å². The summed E-state index contributed by atoms with van der Waals surface area (Å²) in [6.07, 6.45) is -2.76. The third kappa shape index (κ3) is 1.60. The summed E-state index contributed by atoms with van der Waals surface area (Å²) in [6.45, 7) is 0. The predicted molar refractivity (Wildman–Crippen MR) is 33.6 cm³/mol. The number of alkyl halides is 2. The van der Waals surface area contributed by atoms with Crippen molar-refractivity contribution in [2.24, 2.45) is 0 Å². The van der Waals surface area contributed by atoms with Gasteiger partial charge in [0, 0.05) is 0 Å². The van der Waals surface area contributed by atoms with Gasteiger partial charge in [-0.2, -0.15) is 4.39 Å². The molecule has 1 rings (SSSR count). The Morgan fingerprint density at radius 3 is 2.45 bits per heavy atom. The zero-order chi connectivity index (χ0) is 8.43. The number of halogens is 3. The van der Waals surface area contributed by atoms with Gasteiger partial charge >= 0.3 is 0 Å². The third-order valence-electron chi connectivity index (χ3n) is 1.12. The van der Waals surface area contributed by atoms with Crippen LogP contribution in [0.4, 0.5) is 18.9 Å². The zero-order valence-electron chi connectivity index (χ0n) is 5.39. The standard InChI is InChI=1S/C6H5F3N2/c7-5(8)4-2-1-3(10)6(9)11-4/h1-2,5H,10H2. The average Bonchev–Trinajstić information content (AvgIpc) is 1.94. The number of hydrogen-bond donors (Lipinski definition) is 1. The van der Waals surface area contributed by atoms with Gasteiger partial charge in [0.05, 0.1) is 5.69 Å². The Labute approximate surface area is 60.9 Å². The van der Waals surface area contributed by atoms with Crippen LogP contribution < -0.4 is 5.73 Å². The van der Waals surface area contributed by atoms with Crippen LogP contribution in [0.3, 0.4) is 0 Å². The molecule has 2 N–H and O–H groups in total. The Morgan fingerprint density at radius 1 is 1.36 bits per heavy atom. The fraction of sp³-hybridized carbons (Fsp3) is 0.167. The highest BCUT2D eigenvalue weighted by Crippen LogP contribution is 2.18. The van der Waals surface area contributed by atoms with Crippen LogP contribution in [-0.4, -0.2) is 4.98 Å². The van der Waals surface area contributed by atoms with Crippen molar-refractivity contribution in [1.29, 1.82) is 0 Å². The summed E-state index contributed by atoms with van der Waals surface area (Å²) >= 11 is 0. The lowest BCUT2D eigenvalue weighted by Crippen LogP contribution is -1.98. The second-order valence-electron chi connectivity index (χ2n) is 1.92. The zero-order valence-corrected chi connectivity index (χ0v) is 5.39. The quantitative estimate of drug-likeness (QED) is 0.639. The van der Waals surface area contributed by atoms with E-state index in [2.05, 4.69) is 4.98 Å². The summed E-state index contributed by atoms with van der Waals surface area (Å²) in [7, 11) is 0. The normalized spacial score (nSPS) is 10.5. The minimum atomic E-state index is -2.76. The molecule has 5 heteroatoms. The minimum absolute atomic E-state index is 0.227. The molecule has 2 nitrogen and oxygen atoms in total. The summed E-state index contributed by atoms with van der Waals surface area (Å²) < 4.78 is 36.0. The van der Waals surface area contributed by atoms with Crippen molar-refractivity contribution in [2.45, 2.75) is 6.43 Å². The highest BCUT2D eigenvalue weighted by Gasteiger charge is 2.10. The topological polar surface area (TPSA) is 38.9 Å². The first-order chi connectivity index (χ1) is 5.11. The first kappa shape index (κ1) is 7.84. The fourth-order valence-electron chi connectivity index (χ4n) is 0.581. The predicted octanol–water partition coefficient (Wildman–Crippen LogP) is 1.74. The molecular weight excluding hydrogens is 157 g/mol. The molecule has 0 aromatic carbocycles. The smallest absolute Gasteiger partial charge is 0.280 e. The highest BCUT2D eigenvalue weighted by molar-refractivity contribution is 5.36. The number of nitrogens with zero attached hydrogens (tertiary/aromatic N) is 1. The van der Waals surface area contributed by atoms with Gasteiger partial charge < -0.3 is 5.73 Å². The molecular formula is C6H5F3N2. The average molecular weight is 162 g/mol. The van der Waals surface area contributed by atoms with Crippen LogP contribution in [0, 0.1) is 5.95 Å². The minimum Gasteiger partial charge on any atom is -0.395 e. The van der Waals surface area contributed by atoms with Gasteiger partial charge in [-0.1, -0.05) is 0 Å². The summed E-state index contributed by atoms with van der Waals surface area (Å²) in [4.78, 5) is 2.93. The van der Waals surface area contributed by atoms with E-state index in [1.807, 2.05) is 0 Å². The molecule has 11 heavy (non-hydrogen) atoms. The maximum Gasteiger partial charge on any atom is 0.280 e. The third-order valence-corrected chi connectivity index (χ3v) is 1.12. The van der Waals surface area contributed by atoms with Gasteiger partial charge in [-0.15, -0.1) is 0 Å². The van der Waals surface area contributed by atoms with Crippen LogP contribution in [0.15, 0.2) is 12.1 Å². The molecule has 1 heterocycles. The molecule has 1 aromatic rings. The van der Waals surface area contributed by atoms with E-state index in [1.165, 1.54) is 0 Å². The first-order valence-electron chi connectivity index (χ1n) is 2.81. The van der Waals surface area contributed by atoms with Gasteiger partial charge in [0.1, 0.15) is 5.69 Å². The van der Waals surface area contributed by atoms with Crippen molar-refractivity contribution >= 4 is 5.69 Å². The van der Waals surface area contributed by atoms with Crippen LogP contribution in [0.2, 0.25) is 0 Å². The molecule has 0 atom stereocenters. The molecule has 1 aromatic heterocycles. The Kier molecular flexibility index (Phi) is 1.98. The second kappa shape index (κ2) is 2.77. The molecule has 0 saturated heterocycles. The van der Waals surface area contributed by atoms with E-state index < -0.39 is 18.1 Å². The van der Waals surface area contributed by atoms with Crippen molar-refractivity contribution in [3.8, 4) is 0 Å². The maximum absolute atomic E-state index is 12.4. The number of nitrogen functional groups attached to an aromatic ring is 1. The number of rotatable bonds is 1. The van der Waals surface area contributed by atoms with E-state index in [0.29, 0.717) is 0 Å². The van der Waals surface area contributed by atoms with Crippen LogP contribution in [0.25, 0.3) is 0 Å². The monoisotopic (exact) mass is 162 g/mol. The Bertz CT molecular complexity index is 262. The Morgan fingerprint density at radius 2 is 2.00 bits per heavy atom. The van der Waals surface area contributed by atoms with Crippen molar-refractivity contribution in [3.05, 3.63) is 23.8 Å². The van der Waals surface area contributed by atoms with E-state index in [4.69, 9.17) is 5.73 Å². The molecule has 0 radical (unpaired) electrons. The summed E-state index contributed by atoms with van der Waals surface area (Å²) in [5.41, 5.74) is 4.18. The Balaban J connectivity index is 3.05. The van der Waals surface area contributed by atoms with Crippen LogP contribution in [0.5, 0.6) is 0 Å². The molecule has 0 amide bonds. The van der Waals surface area contributed by atoms with Gasteiger partial charge in [0.25, 0.3) is 6.43 Å². The van der Waals surface area contributed by atoms with Gasteiger partial charge in [0.15, 0.2) is 0 Å². The largest absolute Gasteiger partial charge is 0.395 e. The number of pyridine rings is 1. The van der Waals surface area contributed by atoms with E-state index >= 15 is 0 Å². The number of anilines is 1. The molecule has 0 fully saturated rings. The maximum atomic E-state index is 12.4. The van der Waals surface area contributed by atoms with E-state index in [-0.39, 0.29) is 5.69 Å². The number of nitrogens with two attached hydrogens (primary N) is 1. The molecule has 0 bridgehead atoms. The molecule has 0 aliphatic heterocycles. The Hall–Kier alpha value is -1.26. The summed E-state index contributed by atoms with van der Waals surface area (Å²) in [5, 5.41) is 0. The fourth-order valence-corrected chi connectivity index (χ4v) is 0.581. The summed E-state index contributed by atoms with van der Waals surface area (Å²) in [5.74, 6) is -1.05. The van der Waals surface area contributed by atoms with Crippen molar-refractivity contribution in [1.82, 2.24) is 4.98 Å². The lowest BCUT2D eigenvalue weighted by atomic mass is 10.3. The van der Waals surface area contributed by atoms with Crippen LogP contribution in [-0.2, 0) is 0 Å². The number of hydrogen-bond acceptors (Lipinski definition) is 2. The molecule has 0 aliphatic rings. The SMILES string of the molecule is Nc1ccc(C(F)F)nc1F. The lowest BCUT2D eigenvalue weighted by Gasteiger charge is -1.99. The molecule has 60 valence electrons. The molecule has 0 saturated carbocycles. The van der Waals surface area contributed by atoms with Crippen molar-refractivity contribution in [2.75, 3.05) is 5.73 Å². The van der Waals surface area contributed by atoms with Gasteiger partial charge in [-0.3, -0.25) is 0 Å². The van der Waals surface area contributed by atoms with Gasteiger partial charge in [-0.25, -0.2) is 13.8 Å². The lowest BCUT2D eigenvalue weighted by molar-refractivity contribution is 0.145. The van der Waals surface area contributed by atoms with E-state index in [9.17, 15) is 13.2 Å². The number of aromatic nitrogens is 1. The van der Waals surface area contributed by atoms with Crippen molar-refractivity contribution in [3.63, 3.8) is 0 Å². The second-order valence-corrected chi connectivity index (χ2v) is 1.92. The molecule has 0 aliphatic carbocycles. The first-order valence-corrected chi connectivity index (χ1v) is 2.81. The van der Waals surface area contributed by atoms with Crippen LogP contribution >= 0.6 is 0 Å². The van der Waals surface area contributed by atoms with Gasteiger partial charge in [-0.05, 0) is 12.1 Å². The van der Waals surface area contributed by atoms with E-state index in [0.717, 1.165) is 12.1 Å². The van der Waals surface area contributed by atoms with Crippen LogP contribution in [0.1, 0.15) is 12.1 Å². The molecule has 0 unspecified atom stereocenters. The van der Waals surface area contributed by atoms with Crippen molar-refractivity contribution < 1.29 is 13.2 Å². The highest BCUT2D eigenvalue weighted by atomic mass is 19.3. The molecule has 0 spiro atoms. The van der Waals surface area contributed by atoms with Gasteiger partial charge in [0.2, 0.25) is 5.95 Å². The summed E-state index contributed by atoms with van der Waals surface area (Å²) in [6, 6.07) is 2.05.